The normalized spacial score (nSPS) is 19.1. The molecule has 19 heavy (non-hydrogen) atoms. The molecule has 5 nitrogen and oxygen atoms in total. The monoisotopic (exact) mass is 260 g/mol. The number of nitro groups is 1. The quantitative estimate of drug-likeness (QED) is 0.627. The predicted molar refractivity (Wildman–Crippen MR) is 72.2 cm³/mol. The average molecular weight is 260 g/mol. The Labute approximate surface area is 110 Å². The molecule has 1 aliphatic heterocycles. The van der Waals surface area contributed by atoms with Crippen molar-refractivity contribution in [2.45, 2.75) is 31.9 Å². The molecule has 0 saturated carbocycles. The number of para-hydroxylation sites is 1. The zero-order chi connectivity index (χ0) is 13.2. The fourth-order valence-corrected chi connectivity index (χ4v) is 2.73. The molecule has 100 valence electrons. The number of benzene rings is 1. The van der Waals surface area contributed by atoms with E-state index in [0.717, 1.165) is 37.8 Å². The SMILES string of the molecule is O=[N+]([O-])c1cccc2ccn(CCC3CCCO3)c12. The number of fused-ring (bicyclic) bond motifs is 1. The number of nitro benzene ring substituents is 1. The minimum Gasteiger partial charge on any atom is -0.378 e. The van der Waals surface area contributed by atoms with Gasteiger partial charge in [-0.1, -0.05) is 12.1 Å². The zero-order valence-electron chi connectivity index (χ0n) is 10.6. The Morgan fingerprint density at radius 1 is 1.42 bits per heavy atom. The highest BCUT2D eigenvalue weighted by molar-refractivity contribution is 5.88. The number of rotatable bonds is 4. The van der Waals surface area contributed by atoms with Crippen LogP contribution >= 0.6 is 0 Å². The summed E-state index contributed by atoms with van der Waals surface area (Å²) < 4.78 is 7.56. The minimum absolute atomic E-state index is 0.176. The lowest BCUT2D eigenvalue weighted by Gasteiger charge is -2.10. The van der Waals surface area contributed by atoms with E-state index in [9.17, 15) is 10.1 Å². The molecule has 2 aromatic rings. The number of aryl methyl sites for hydroxylation is 1. The lowest BCUT2D eigenvalue weighted by Crippen LogP contribution is -2.09. The molecule has 1 aliphatic rings. The number of non-ortho nitro benzene ring substituents is 1. The van der Waals surface area contributed by atoms with Gasteiger partial charge >= 0.3 is 0 Å². The highest BCUT2D eigenvalue weighted by Crippen LogP contribution is 2.27. The fraction of sp³-hybridized carbons (Fsp3) is 0.429. The summed E-state index contributed by atoms with van der Waals surface area (Å²) in [5.74, 6) is 0. The lowest BCUT2D eigenvalue weighted by atomic mass is 10.2. The first-order chi connectivity index (χ1) is 9.25. The summed E-state index contributed by atoms with van der Waals surface area (Å²) in [7, 11) is 0. The summed E-state index contributed by atoms with van der Waals surface area (Å²) in [6.45, 7) is 1.61. The van der Waals surface area contributed by atoms with Crippen molar-refractivity contribution in [2.24, 2.45) is 0 Å². The van der Waals surface area contributed by atoms with Crippen LogP contribution in [-0.4, -0.2) is 22.2 Å². The van der Waals surface area contributed by atoms with Gasteiger partial charge < -0.3 is 9.30 Å². The van der Waals surface area contributed by atoms with Crippen molar-refractivity contribution in [3.05, 3.63) is 40.6 Å². The fourth-order valence-electron chi connectivity index (χ4n) is 2.73. The maximum absolute atomic E-state index is 11.1. The first-order valence-electron chi connectivity index (χ1n) is 6.59. The Hall–Kier alpha value is -1.88. The molecule has 2 heterocycles. The number of hydrogen-bond acceptors (Lipinski definition) is 3. The lowest BCUT2D eigenvalue weighted by molar-refractivity contribution is -0.383. The van der Waals surface area contributed by atoms with Gasteiger partial charge in [-0.05, 0) is 25.3 Å². The van der Waals surface area contributed by atoms with E-state index in [4.69, 9.17) is 4.74 Å². The topological polar surface area (TPSA) is 57.3 Å². The molecule has 0 N–H and O–H groups in total. The van der Waals surface area contributed by atoms with Gasteiger partial charge in [0.25, 0.3) is 5.69 Å². The molecular formula is C14H16N2O3. The Bertz CT molecular complexity index is 600. The molecule has 1 unspecified atom stereocenters. The number of aromatic nitrogens is 1. The van der Waals surface area contributed by atoms with Gasteiger partial charge in [0.15, 0.2) is 0 Å². The molecule has 0 bridgehead atoms. The van der Waals surface area contributed by atoms with Crippen molar-refractivity contribution in [3.63, 3.8) is 0 Å². The molecule has 0 radical (unpaired) electrons. The summed E-state index contributed by atoms with van der Waals surface area (Å²) in [6, 6.07) is 7.12. The standard InChI is InChI=1S/C14H16N2O3/c17-16(18)13-5-1-3-11-6-8-15(14(11)13)9-7-12-4-2-10-19-12/h1,3,5-6,8,12H,2,4,7,9-10H2. The maximum atomic E-state index is 11.1. The summed E-state index contributed by atoms with van der Waals surface area (Å²) >= 11 is 0. The second kappa shape index (κ2) is 5.01. The van der Waals surface area contributed by atoms with E-state index in [1.807, 2.05) is 22.9 Å². The van der Waals surface area contributed by atoms with Gasteiger partial charge in [0.2, 0.25) is 0 Å². The van der Waals surface area contributed by atoms with Crippen molar-refractivity contribution in [1.29, 1.82) is 0 Å². The predicted octanol–water partition coefficient (Wildman–Crippen LogP) is 3.12. The van der Waals surface area contributed by atoms with Gasteiger partial charge in [0.05, 0.1) is 11.0 Å². The molecule has 1 aromatic heterocycles. The molecular weight excluding hydrogens is 244 g/mol. The summed E-state index contributed by atoms with van der Waals surface area (Å²) in [5, 5.41) is 12.0. The van der Waals surface area contributed by atoms with Gasteiger partial charge in [0.1, 0.15) is 5.52 Å². The van der Waals surface area contributed by atoms with Crippen molar-refractivity contribution < 1.29 is 9.66 Å². The van der Waals surface area contributed by atoms with Crippen LogP contribution in [0.15, 0.2) is 30.5 Å². The van der Waals surface area contributed by atoms with E-state index in [0.29, 0.717) is 11.6 Å². The second-order valence-corrected chi connectivity index (χ2v) is 4.90. The van der Waals surface area contributed by atoms with Gasteiger partial charge in [-0.3, -0.25) is 10.1 Å². The summed E-state index contributed by atoms with van der Waals surface area (Å²) in [6.07, 6.45) is 5.36. The van der Waals surface area contributed by atoms with Gasteiger partial charge in [-0.2, -0.15) is 0 Å². The Morgan fingerprint density at radius 2 is 2.32 bits per heavy atom. The first kappa shape index (κ1) is 12.2. The first-order valence-corrected chi connectivity index (χ1v) is 6.59. The van der Waals surface area contributed by atoms with Crippen molar-refractivity contribution >= 4 is 16.6 Å². The van der Waals surface area contributed by atoms with Crippen molar-refractivity contribution in [2.75, 3.05) is 6.61 Å². The summed E-state index contributed by atoms with van der Waals surface area (Å²) in [4.78, 5) is 10.8. The molecule has 5 heteroatoms. The highest BCUT2D eigenvalue weighted by atomic mass is 16.6. The van der Waals surface area contributed by atoms with Crippen LogP contribution in [0.1, 0.15) is 19.3 Å². The molecule has 0 amide bonds. The van der Waals surface area contributed by atoms with Crippen molar-refractivity contribution in [1.82, 2.24) is 4.57 Å². The van der Waals surface area contributed by atoms with E-state index >= 15 is 0 Å². The van der Waals surface area contributed by atoms with Crippen LogP contribution in [-0.2, 0) is 11.3 Å². The molecule has 0 aliphatic carbocycles. The van der Waals surface area contributed by atoms with Crippen LogP contribution in [0, 0.1) is 10.1 Å². The van der Waals surface area contributed by atoms with E-state index < -0.39 is 0 Å². The maximum Gasteiger partial charge on any atom is 0.293 e. The Balaban J connectivity index is 1.88. The Morgan fingerprint density at radius 3 is 3.05 bits per heavy atom. The van der Waals surface area contributed by atoms with Crippen LogP contribution in [0.5, 0.6) is 0 Å². The molecule has 1 aromatic carbocycles. The molecule has 0 spiro atoms. The minimum atomic E-state index is -0.315. The van der Waals surface area contributed by atoms with E-state index in [-0.39, 0.29) is 10.6 Å². The molecule has 1 atom stereocenters. The van der Waals surface area contributed by atoms with E-state index in [1.165, 1.54) is 0 Å². The number of hydrogen-bond donors (Lipinski definition) is 0. The zero-order valence-corrected chi connectivity index (χ0v) is 10.6. The van der Waals surface area contributed by atoms with Crippen LogP contribution < -0.4 is 0 Å². The van der Waals surface area contributed by atoms with E-state index in [2.05, 4.69) is 0 Å². The van der Waals surface area contributed by atoms with E-state index in [1.54, 1.807) is 12.1 Å². The van der Waals surface area contributed by atoms with Crippen LogP contribution in [0.3, 0.4) is 0 Å². The van der Waals surface area contributed by atoms with Gasteiger partial charge in [-0.25, -0.2) is 0 Å². The third-order valence-corrected chi connectivity index (χ3v) is 3.68. The molecule has 3 rings (SSSR count). The molecule has 1 saturated heterocycles. The van der Waals surface area contributed by atoms with Gasteiger partial charge in [0, 0.05) is 30.8 Å². The Kier molecular flexibility index (Phi) is 3.21. The number of nitrogens with zero attached hydrogens (tertiary/aromatic N) is 2. The van der Waals surface area contributed by atoms with Crippen LogP contribution in [0.2, 0.25) is 0 Å². The van der Waals surface area contributed by atoms with Crippen LogP contribution in [0.25, 0.3) is 10.9 Å². The molecule has 1 fully saturated rings. The summed E-state index contributed by atoms with van der Waals surface area (Å²) in [5.41, 5.74) is 0.889. The largest absolute Gasteiger partial charge is 0.378 e. The van der Waals surface area contributed by atoms with Gasteiger partial charge in [-0.15, -0.1) is 0 Å². The van der Waals surface area contributed by atoms with Crippen LogP contribution in [0.4, 0.5) is 5.69 Å². The van der Waals surface area contributed by atoms with Crippen molar-refractivity contribution in [3.8, 4) is 0 Å². The second-order valence-electron chi connectivity index (χ2n) is 4.90. The smallest absolute Gasteiger partial charge is 0.293 e. The third-order valence-electron chi connectivity index (χ3n) is 3.68. The third kappa shape index (κ3) is 2.33. The number of ether oxygens (including phenoxy) is 1. The highest BCUT2D eigenvalue weighted by Gasteiger charge is 2.18. The average Bonchev–Trinajstić information content (AvgIpc) is 3.05.